The maximum absolute atomic E-state index is 13.1. The number of nitrogens with zero attached hydrogens (tertiary/aromatic N) is 7. The number of nitrogens with one attached hydrogen (secondary N) is 1. The number of aromatic nitrogens is 5. The highest BCUT2D eigenvalue weighted by Crippen LogP contribution is 2.33. The number of aryl methyl sites for hydroxylation is 1. The molecule has 0 spiro atoms. The van der Waals surface area contributed by atoms with E-state index in [4.69, 9.17) is 19.4 Å². The highest BCUT2D eigenvalue weighted by Gasteiger charge is 2.24. The van der Waals surface area contributed by atoms with E-state index in [-0.39, 0.29) is 24.0 Å². The molecule has 0 unspecified atom stereocenters. The summed E-state index contributed by atoms with van der Waals surface area (Å²) in [6, 6.07) is 5.61. The molecule has 0 saturated heterocycles. The Morgan fingerprint density at radius 3 is 2.60 bits per heavy atom. The molecule has 12 heteroatoms. The molecule has 4 aromatic rings. The quantitative estimate of drug-likeness (QED) is 0.194. The predicted octanol–water partition coefficient (Wildman–Crippen LogP) is 3.71. The molecule has 0 atom stereocenters. The van der Waals surface area contributed by atoms with E-state index in [9.17, 15) is 9.59 Å². The van der Waals surface area contributed by atoms with Gasteiger partial charge in [-0.3, -0.25) is 9.78 Å². The number of carbonyl (C=O) groups is 2. The Morgan fingerprint density at radius 2 is 1.93 bits per heavy atom. The molecule has 4 heterocycles. The average Bonchev–Trinajstić information content (AvgIpc) is 3.31. The number of methoxy groups -OCH3 is 1. The van der Waals surface area contributed by atoms with Crippen molar-refractivity contribution in [3.63, 3.8) is 0 Å². The summed E-state index contributed by atoms with van der Waals surface area (Å²) in [6.07, 6.45) is 6.16. The lowest BCUT2D eigenvalue weighted by molar-refractivity contribution is -0.111. The van der Waals surface area contributed by atoms with Gasteiger partial charge in [-0.15, -0.1) is 0 Å². The number of hydrogen-bond donors (Lipinski definition) is 1. The topological polar surface area (TPSA) is 128 Å². The first-order valence-corrected chi connectivity index (χ1v) is 13.9. The van der Waals surface area contributed by atoms with Crippen LogP contribution in [-0.2, 0) is 23.0 Å². The van der Waals surface area contributed by atoms with Crippen LogP contribution < -0.4 is 15.0 Å². The Bertz CT molecular complexity index is 1650. The van der Waals surface area contributed by atoms with Crippen molar-refractivity contribution in [2.75, 3.05) is 51.6 Å². The van der Waals surface area contributed by atoms with Gasteiger partial charge in [-0.05, 0) is 52.2 Å². The van der Waals surface area contributed by atoms with Crippen LogP contribution in [0.25, 0.3) is 22.3 Å². The molecule has 0 bridgehead atoms. The summed E-state index contributed by atoms with van der Waals surface area (Å²) in [7, 11) is 9.32. The highest BCUT2D eigenvalue weighted by atomic mass is 16.5. The van der Waals surface area contributed by atoms with Crippen LogP contribution in [-0.4, -0.2) is 88.7 Å². The molecule has 12 nitrogen and oxygen atoms in total. The number of rotatable bonds is 12. The van der Waals surface area contributed by atoms with Crippen molar-refractivity contribution in [2.45, 2.75) is 26.4 Å². The van der Waals surface area contributed by atoms with E-state index < -0.39 is 5.97 Å². The summed E-state index contributed by atoms with van der Waals surface area (Å²) in [5, 5.41) is 2.87. The Morgan fingerprint density at radius 1 is 1.16 bits per heavy atom. The largest absolute Gasteiger partial charge is 0.481 e. The third-order valence-electron chi connectivity index (χ3n) is 6.67. The molecular weight excluding hydrogens is 548 g/mol. The molecule has 0 aliphatic heterocycles. The van der Waals surface area contributed by atoms with E-state index in [1.807, 2.05) is 56.0 Å². The fourth-order valence-electron chi connectivity index (χ4n) is 4.55. The summed E-state index contributed by atoms with van der Waals surface area (Å²) in [5.74, 6) is 0.439. The smallest absolute Gasteiger partial charge is 0.342 e. The molecule has 0 aliphatic carbocycles. The molecule has 226 valence electrons. The van der Waals surface area contributed by atoms with E-state index >= 15 is 0 Å². The van der Waals surface area contributed by atoms with Gasteiger partial charge < -0.3 is 29.2 Å². The molecule has 43 heavy (non-hydrogen) atoms. The molecule has 0 radical (unpaired) electrons. The fourth-order valence-corrected chi connectivity index (χ4v) is 4.55. The van der Waals surface area contributed by atoms with E-state index in [1.54, 1.807) is 26.1 Å². The molecule has 4 aromatic heterocycles. The van der Waals surface area contributed by atoms with Gasteiger partial charge in [0.05, 0.1) is 35.6 Å². The van der Waals surface area contributed by atoms with Crippen LogP contribution in [0.1, 0.15) is 35.6 Å². The molecule has 0 aromatic carbocycles. The van der Waals surface area contributed by atoms with Gasteiger partial charge in [0.2, 0.25) is 11.8 Å². The molecule has 1 N–H and O–H groups in total. The number of fused-ring (bicyclic) bond motifs is 1. The van der Waals surface area contributed by atoms with Gasteiger partial charge >= 0.3 is 5.97 Å². The van der Waals surface area contributed by atoms with Crippen molar-refractivity contribution in [2.24, 2.45) is 7.05 Å². The molecule has 0 fully saturated rings. The number of pyridine rings is 2. The summed E-state index contributed by atoms with van der Waals surface area (Å²) < 4.78 is 13.1. The predicted molar refractivity (Wildman–Crippen MR) is 167 cm³/mol. The second-order valence-electron chi connectivity index (χ2n) is 10.7. The summed E-state index contributed by atoms with van der Waals surface area (Å²) >= 11 is 0. The SMILES string of the molecule is C=CC(=O)Nc1cc(Cc2ncc(C(=O)OC(C)C)c(-c3cn(C)c4cccnc34)n2)c(OC)nc1N(C)CCN(C)C. The van der Waals surface area contributed by atoms with Crippen molar-refractivity contribution >= 4 is 34.4 Å². The summed E-state index contributed by atoms with van der Waals surface area (Å²) in [4.78, 5) is 48.2. The number of carbonyl (C=O) groups excluding carboxylic acids is 2. The summed E-state index contributed by atoms with van der Waals surface area (Å²) in [6.45, 7) is 8.60. The highest BCUT2D eigenvalue weighted by molar-refractivity contribution is 6.02. The number of anilines is 2. The fraction of sp³-hybridized carbons (Fsp3) is 0.355. The first-order valence-electron chi connectivity index (χ1n) is 13.9. The lowest BCUT2D eigenvalue weighted by Crippen LogP contribution is -2.30. The number of likely N-dealkylation sites (N-methyl/N-ethyl adjacent to an activating group) is 2. The second-order valence-corrected chi connectivity index (χ2v) is 10.7. The molecule has 4 rings (SSSR count). The van der Waals surface area contributed by atoms with Gasteiger partial charge in [0.1, 0.15) is 11.4 Å². The lowest BCUT2D eigenvalue weighted by Gasteiger charge is -2.24. The van der Waals surface area contributed by atoms with Crippen LogP contribution in [0.15, 0.2) is 49.4 Å². The number of ether oxygens (including phenoxy) is 2. The van der Waals surface area contributed by atoms with E-state index in [0.29, 0.717) is 52.1 Å². The van der Waals surface area contributed by atoms with Crippen LogP contribution in [0.2, 0.25) is 0 Å². The second kappa shape index (κ2) is 13.4. The molecule has 0 aliphatic rings. The van der Waals surface area contributed by atoms with Gasteiger partial charge in [0.25, 0.3) is 0 Å². The Hall–Kier alpha value is -4.84. The minimum Gasteiger partial charge on any atom is -0.481 e. The van der Waals surface area contributed by atoms with Crippen molar-refractivity contribution in [1.82, 2.24) is 29.4 Å². The maximum Gasteiger partial charge on any atom is 0.342 e. The standard InChI is InChI=1S/C31H38N8O4/c1-9-26(40)34-23-15-20(30(42-8)36-29(23)38(6)14-13-37(4)5)16-25-33-17-21(31(41)43-19(2)3)27(35-25)22-18-39(7)24-11-10-12-32-28(22)24/h9-12,15,17-19H,1,13-14,16H2,2-8H3,(H,34,40). The van der Waals surface area contributed by atoms with Gasteiger partial charge in [-0.25, -0.2) is 14.8 Å². The van der Waals surface area contributed by atoms with Crippen LogP contribution in [0.5, 0.6) is 5.88 Å². The molecular formula is C31H38N8O4. The van der Waals surface area contributed by atoms with Gasteiger partial charge in [-0.2, -0.15) is 4.98 Å². The zero-order valence-corrected chi connectivity index (χ0v) is 25.7. The van der Waals surface area contributed by atoms with Crippen molar-refractivity contribution < 1.29 is 19.1 Å². The van der Waals surface area contributed by atoms with Gasteiger partial charge in [0, 0.05) is 63.3 Å². The number of hydrogen-bond acceptors (Lipinski definition) is 10. The third-order valence-corrected chi connectivity index (χ3v) is 6.67. The van der Waals surface area contributed by atoms with Gasteiger partial charge in [-0.1, -0.05) is 6.58 Å². The van der Waals surface area contributed by atoms with Crippen LogP contribution in [0, 0.1) is 0 Å². The molecule has 0 saturated carbocycles. The van der Waals surface area contributed by atoms with E-state index in [0.717, 1.165) is 12.1 Å². The van der Waals surface area contributed by atoms with Gasteiger partial charge in [0.15, 0.2) is 5.82 Å². The van der Waals surface area contributed by atoms with Crippen LogP contribution in [0.4, 0.5) is 11.5 Å². The first kappa shape index (κ1) is 31.1. The Labute approximate surface area is 251 Å². The minimum atomic E-state index is -0.525. The maximum atomic E-state index is 13.1. The number of amides is 1. The van der Waals surface area contributed by atoms with Crippen LogP contribution >= 0.6 is 0 Å². The zero-order chi connectivity index (χ0) is 31.3. The molecule has 1 amide bonds. The third kappa shape index (κ3) is 7.15. The lowest BCUT2D eigenvalue weighted by atomic mass is 10.1. The number of esters is 1. The summed E-state index contributed by atoms with van der Waals surface area (Å²) in [5.41, 5.74) is 4.06. The van der Waals surface area contributed by atoms with Crippen LogP contribution in [0.3, 0.4) is 0 Å². The van der Waals surface area contributed by atoms with E-state index in [1.165, 1.54) is 19.4 Å². The average molecular weight is 587 g/mol. The minimum absolute atomic E-state index is 0.208. The monoisotopic (exact) mass is 586 g/mol. The van der Waals surface area contributed by atoms with Crippen molar-refractivity contribution in [3.05, 3.63) is 66.4 Å². The Kier molecular flexibility index (Phi) is 9.71. The normalized spacial score (nSPS) is 11.2. The zero-order valence-electron chi connectivity index (χ0n) is 25.7. The first-order chi connectivity index (χ1) is 20.5. The van der Waals surface area contributed by atoms with E-state index in [2.05, 4.69) is 26.8 Å². The van der Waals surface area contributed by atoms with Crippen molar-refractivity contribution in [1.29, 1.82) is 0 Å². The van der Waals surface area contributed by atoms with Crippen molar-refractivity contribution in [3.8, 4) is 17.1 Å². The Balaban J connectivity index is 1.82.